The second-order valence-corrected chi connectivity index (χ2v) is 13.4. The Hall–Kier alpha value is 0.440. The van der Waals surface area contributed by atoms with Crippen LogP contribution in [-0.2, 0) is 18.3 Å². The van der Waals surface area contributed by atoms with Crippen LogP contribution in [0.15, 0.2) is 0 Å². The molecule has 0 unspecified atom stereocenters. The van der Waals surface area contributed by atoms with E-state index in [0.29, 0.717) is 6.92 Å². The third-order valence-corrected chi connectivity index (χ3v) is 11.2. The van der Waals surface area contributed by atoms with Gasteiger partial charge < -0.3 is 55.7 Å². The summed E-state index contributed by atoms with van der Waals surface area (Å²) in [6.45, 7) is -0.635. The summed E-state index contributed by atoms with van der Waals surface area (Å²) in [6.07, 6.45) is -0.651. The van der Waals surface area contributed by atoms with Gasteiger partial charge in [0.05, 0.1) is 6.73 Å². The Balaban J connectivity index is 0. The second-order valence-electron chi connectivity index (χ2n) is 4.95. The van der Waals surface area contributed by atoms with Crippen LogP contribution in [0, 0.1) is 0 Å². The van der Waals surface area contributed by atoms with Gasteiger partial charge in [-0.15, -0.1) is 0 Å². The average molecular weight is 469 g/mol. The molecular formula is C6H23N3O13P4. The van der Waals surface area contributed by atoms with Crippen molar-refractivity contribution in [3.8, 4) is 0 Å². The van der Waals surface area contributed by atoms with E-state index in [0.717, 1.165) is 0 Å². The first-order chi connectivity index (χ1) is 11.1. The van der Waals surface area contributed by atoms with Gasteiger partial charge in [-0.25, -0.2) is 0 Å². The van der Waals surface area contributed by atoms with E-state index in [9.17, 15) is 18.3 Å². The average Bonchev–Trinajstić information content (AvgIpc) is 2.34. The van der Waals surface area contributed by atoms with Crippen molar-refractivity contribution >= 4 is 30.4 Å². The zero-order valence-electron chi connectivity index (χ0n) is 13.2. The number of rotatable bonds is 8. The SMILES string of the molecule is CC(NCO)(P(=O)(O)O)P(=O)(O)O.NCCC(N)(P(=O)(O)O)P(=O)(O)O. The maximum atomic E-state index is 10.7. The number of aliphatic hydroxyl groups excluding tert-OH is 1. The van der Waals surface area contributed by atoms with Crippen molar-refractivity contribution < 1.29 is 62.5 Å². The number of nitrogens with one attached hydrogen (secondary N) is 1. The van der Waals surface area contributed by atoms with Gasteiger partial charge in [-0.3, -0.25) is 23.6 Å². The molecule has 20 heteroatoms. The first-order valence-electron chi connectivity index (χ1n) is 6.19. The number of aliphatic hydroxyl groups is 1. The highest BCUT2D eigenvalue weighted by Crippen LogP contribution is 2.67. The highest BCUT2D eigenvalue weighted by molar-refractivity contribution is 7.72. The molecule has 0 rings (SSSR count). The fraction of sp³-hybridized carbons (Fsp3) is 1.00. The van der Waals surface area contributed by atoms with Gasteiger partial charge in [-0.05, 0) is 13.5 Å². The van der Waals surface area contributed by atoms with Gasteiger partial charge in [0.1, 0.15) is 0 Å². The van der Waals surface area contributed by atoms with Gasteiger partial charge in [-0.1, -0.05) is 0 Å². The molecule has 0 atom stereocenters. The molecule has 0 aromatic carbocycles. The Labute approximate surface area is 147 Å². The molecule has 0 aromatic heterocycles. The number of hydrogen-bond acceptors (Lipinski definition) is 8. The van der Waals surface area contributed by atoms with E-state index in [4.69, 9.17) is 55.7 Å². The summed E-state index contributed by atoms with van der Waals surface area (Å²) in [4.78, 5) is 69.2. The zero-order valence-corrected chi connectivity index (χ0v) is 16.8. The third-order valence-electron chi connectivity index (χ3n) is 3.07. The van der Waals surface area contributed by atoms with Crippen LogP contribution in [0.4, 0.5) is 0 Å². The molecular weight excluding hydrogens is 446 g/mol. The molecule has 0 radical (unpaired) electrons. The van der Waals surface area contributed by atoms with Gasteiger partial charge in [0.2, 0.25) is 10.0 Å². The normalized spacial score (nSPS) is 14.6. The zero-order chi connectivity index (χ0) is 21.8. The molecule has 0 saturated carbocycles. The topological polar surface area (TPSA) is 314 Å². The molecule has 0 aliphatic carbocycles. The van der Waals surface area contributed by atoms with Crippen LogP contribution in [0.3, 0.4) is 0 Å². The third kappa shape index (κ3) is 6.80. The molecule has 14 N–H and O–H groups in total. The quantitative estimate of drug-likeness (QED) is 0.123. The Bertz CT molecular complexity index is 544. The second kappa shape index (κ2) is 9.29. The van der Waals surface area contributed by atoms with E-state index in [1.165, 1.54) is 0 Å². The van der Waals surface area contributed by atoms with Crippen molar-refractivity contribution in [1.82, 2.24) is 5.32 Å². The van der Waals surface area contributed by atoms with Crippen molar-refractivity contribution in [2.75, 3.05) is 13.3 Å². The lowest BCUT2D eigenvalue weighted by atomic mass is 10.4. The Morgan fingerprint density at radius 2 is 1.12 bits per heavy atom. The summed E-state index contributed by atoms with van der Waals surface area (Å²) in [6, 6.07) is 0. The lowest BCUT2D eigenvalue weighted by molar-refractivity contribution is 0.219. The van der Waals surface area contributed by atoms with Crippen molar-refractivity contribution in [3.05, 3.63) is 0 Å². The predicted octanol–water partition coefficient (Wildman–Crippen LogP) is -3.14. The molecule has 0 aromatic rings. The van der Waals surface area contributed by atoms with Crippen molar-refractivity contribution in [1.29, 1.82) is 0 Å². The monoisotopic (exact) mass is 469 g/mol. The van der Waals surface area contributed by atoms with Gasteiger partial charge in [-0.2, -0.15) is 0 Å². The molecule has 0 aliphatic heterocycles. The van der Waals surface area contributed by atoms with Crippen LogP contribution in [0.25, 0.3) is 0 Å². The van der Waals surface area contributed by atoms with E-state index in [2.05, 4.69) is 0 Å². The lowest BCUT2D eigenvalue weighted by Gasteiger charge is -2.30. The lowest BCUT2D eigenvalue weighted by Crippen LogP contribution is -2.42. The highest BCUT2D eigenvalue weighted by atomic mass is 31.2. The van der Waals surface area contributed by atoms with E-state index < -0.39 is 53.6 Å². The van der Waals surface area contributed by atoms with Crippen LogP contribution in [0.5, 0.6) is 0 Å². The molecule has 16 nitrogen and oxygen atoms in total. The fourth-order valence-corrected chi connectivity index (χ4v) is 5.31. The minimum Gasteiger partial charge on any atom is -0.381 e. The van der Waals surface area contributed by atoms with Crippen LogP contribution in [0.1, 0.15) is 13.3 Å². The maximum absolute atomic E-state index is 10.7. The molecule has 0 amide bonds. The Morgan fingerprint density at radius 3 is 1.19 bits per heavy atom. The van der Waals surface area contributed by atoms with E-state index in [1.807, 2.05) is 0 Å². The van der Waals surface area contributed by atoms with Gasteiger partial charge in [0.25, 0.3) is 0 Å². The Morgan fingerprint density at radius 1 is 0.808 bits per heavy atom. The van der Waals surface area contributed by atoms with Crippen LogP contribution in [0.2, 0.25) is 0 Å². The smallest absolute Gasteiger partial charge is 0.357 e. The van der Waals surface area contributed by atoms with Crippen molar-refractivity contribution in [3.63, 3.8) is 0 Å². The first-order valence-corrected chi connectivity index (χ1v) is 12.6. The summed E-state index contributed by atoms with van der Waals surface area (Å²) < 4.78 is 42.9. The predicted molar refractivity (Wildman–Crippen MR) is 87.4 cm³/mol. The van der Waals surface area contributed by atoms with Gasteiger partial charge in [0.15, 0.2) is 0 Å². The minimum absolute atomic E-state index is 0.327. The molecule has 0 aliphatic rings. The molecule has 0 heterocycles. The van der Waals surface area contributed by atoms with Gasteiger partial charge in [0, 0.05) is 6.42 Å². The molecule has 0 fully saturated rings. The highest BCUT2D eigenvalue weighted by Gasteiger charge is 2.57. The molecule has 26 heavy (non-hydrogen) atoms. The summed E-state index contributed by atoms with van der Waals surface area (Å²) in [5.74, 6) is 0. The van der Waals surface area contributed by atoms with Crippen LogP contribution in [-0.4, -0.2) is 67.6 Å². The standard InChI is InChI=1S/C3H12N2O6P2.C3H11NO7P2/c4-2-1-3(5,12(6,7)8)13(9,10)11;1-3(4-2-5,12(6,7)8)13(9,10)11/h1-2,4-5H2,(H2,6,7,8)(H2,9,10,11);4-5H,2H2,1H3,(H2,6,7,8)(H2,9,10,11). The molecule has 160 valence electrons. The fourth-order valence-electron chi connectivity index (χ4n) is 1.20. The van der Waals surface area contributed by atoms with Crippen molar-refractivity contribution in [2.24, 2.45) is 11.5 Å². The van der Waals surface area contributed by atoms with E-state index in [1.54, 1.807) is 5.32 Å². The van der Waals surface area contributed by atoms with Crippen LogP contribution < -0.4 is 16.8 Å². The minimum atomic E-state index is -5.09. The van der Waals surface area contributed by atoms with E-state index in [-0.39, 0.29) is 6.54 Å². The Kier molecular flexibility index (Phi) is 10.2. The maximum Gasteiger partial charge on any atom is 0.357 e. The number of nitrogens with two attached hydrogens (primary N) is 2. The first kappa shape index (κ1) is 28.6. The van der Waals surface area contributed by atoms with Crippen LogP contribution >= 0.6 is 30.4 Å². The molecule has 0 spiro atoms. The van der Waals surface area contributed by atoms with Crippen molar-refractivity contribution in [2.45, 2.75) is 23.4 Å². The summed E-state index contributed by atoms with van der Waals surface area (Å²) >= 11 is 0. The summed E-state index contributed by atoms with van der Waals surface area (Å²) in [5, 5.41) is 4.39. The largest absolute Gasteiger partial charge is 0.381 e. The van der Waals surface area contributed by atoms with E-state index >= 15 is 0 Å². The van der Waals surface area contributed by atoms with Gasteiger partial charge >= 0.3 is 30.4 Å². The number of hydrogen-bond donors (Lipinski definition) is 12. The molecule has 0 saturated heterocycles. The summed E-state index contributed by atoms with van der Waals surface area (Å²) in [7, 11) is -20.3. The molecule has 0 bridgehead atoms. The summed E-state index contributed by atoms with van der Waals surface area (Å²) in [5.41, 5.74) is 9.90.